The summed E-state index contributed by atoms with van der Waals surface area (Å²) in [6.45, 7) is 0. The van der Waals surface area contributed by atoms with Crippen molar-refractivity contribution in [2.24, 2.45) is 11.8 Å². The summed E-state index contributed by atoms with van der Waals surface area (Å²) in [5.41, 5.74) is 3.03. The lowest BCUT2D eigenvalue weighted by Crippen LogP contribution is -2.40. The zero-order valence-electron chi connectivity index (χ0n) is 10.4. The van der Waals surface area contributed by atoms with E-state index in [9.17, 15) is 9.59 Å². The molecule has 100 valence electrons. The fourth-order valence-corrected chi connectivity index (χ4v) is 2.64. The molecule has 0 aromatic carbocycles. The highest BCUT2D eigenvalue weighted by Gasteiger charge is 2.43. The second kappa shape index (κ2) is 5.39. The van der Waals surface area contributed by atoms with Gasteiger partial charge in [-0.15, -0.1) is 0 Å². The van der Waals surface area contributed by atoms with Crippen LogP contribution in [0.3, 0.4) is 0 Å². The number of ether oxygens (including phenoxy) is 2. The van der Waals surface area contributed by atoms with Gasteiger partial charge in [0.1, 0.15) is 6.10 Å². The molecule has 2 rings (SSSR count). The Balaban J connectivity index is 2.26. The van der Waals surface area contributed by atoms with E-state index in [-0.39, 0.29) is 18.3 Å². The fraction of sp³-hybridized carbons (Fsp3) is 0.667. The first kappa shape index (κ1) is 12.9. The molecule has 0 spiro atoms. The molecule has 1 amide bonds. The Morgan fingerprint density at radius 2 is 2.17 bits per heavy atom. The van der Waals surface area contributed by atoms with Gasteiger partial charge in [-0.3, -0.25) is 15.0 Å². The number of carbonyl (C=O) groups excluding carboxylic acids is 2. The van der Waals surface area contributed by atoms with Gasteiger partial charge in [-0.05, 0) is 19.3 Å². The lowest BCUT2D eigenvalue weighted by molar-refractivity contribution is -0.140. The lowest BCUT2D eigenvalue weighted by Gasteiger charge is -2.25. The van der Waals surface area contributed by atoms with E-state index in [1.165, 1.54) is 0 Å². The van der Waals surface area contributed by atoms with Crippen LogP contribution in [0, 0.1) is 5.92 Å². The van der Waals surface area contributed by atoms with Crippen molar-refractivity contribution in [1.29, 1.82) is 0 Å². The van der Waals surface area contributed by atoms with Crippen molar-refractivity contribution in [3.05, 3.63) is 11.3 Å². The van der Waals surface area contributed by atoms with Gasteiger partial charge in [0, 0.05) is 12.0 Å². The van der Waals surface area contributed by atoms with E-state index in [4.69, 9.17) is 15.3 Å². The molecule has 1 aliphatic carbocycles. The molecule has 3 N–H and O–H groups in total. The van der Waals surface area contributed by atoms with Crippen molar-refractivity contribution in [2.45, 2.75) is 38.2 Å². The molecular formula is C12H18N2O4. The second-order valence-corrected chi connectivity index (χ2v) is 4.59. The van der Waals surface area contributed by atoms with Crippen LogP contribution >= 0.6 is 0 Å². The molecular weight excluding hydrogens is 236 g/mol. The summed E-state index contributed by atoms with van der Waals surface area (Å²) in [5.74, 6) is 4.72. The fourth-order valence-electron chi connectivity index (χ4n) is 2.64. The molecule has 1 heterocycles. The lowest BCUT2D eigenvalue weighted by atomic mass is 9.87. The zero-order chi connectivity index (χ0) is 13.1. The third-order valence-electron chi connectivity index (χ3n) is 3.54. The average molecular weight is 254 g/mol. The van der Waals surface area contributed by atoms with E-state index in [0.29, 0.717) is 0 Å². The number of nitrogens with two attached hydrogens (primary N) is 1. The summed E-state index contributed by atoms with van der Waals surface area (Å²) in [6, 6.07) is 0. The van der Waals surface area contributed by atoms with Crippen molar-refractivity contribution in [3.63, 3.8) is 0 Å². The normalized spacial score (nSPS) is 28.0. The number of nitrogens with one attached hydrogen (secondary N) is 1. The summed E-state index contributed by atoms with van der Waals surface area (Å²) in [6.07, 6.45) is 3.27. The average Bonchev–Trinajstić information content (AvgIpc) is 2.79. The Labute approximate surface area is 105 Å². The quantitative estimate of drug-likeness (QED) is 0.329. The number of hydrogen-bond acceptors (Lipinski definition) is 5. The van der Waals surface area contributed by atoms with Gasteiger partial charge < -0.3 is 9.47 Å². The van der Waals surface area contributed by atoms with E-state index in [1.807, 2.05) is 0 Å². The summed E-state index contributed by atoms with van der Waals surface area (Å²) in [4.78, 5) is 23.1. The van der Waals surface area contributed by atoms with Crippen molar-refractivity contribution in [3.8, 4) is 0 Å². The van der Waals surface area contributed by atoms with Crippen LogP contribution in [-0.2, 0) is 19.1 Å². The predicted octanol–water partition coefficient (Wildman–Crippen LogP) is 0.382. The molecule has 0 bridgehead atoms. The van der Waals surface area contributed by atoms with Crippen molar-refractivity contribution >= 4 is 11.9 Å². The Kier molecular flexibility index (Phi) is 3.86. The highest BCUT2D eigenvalue weighted by Crippen LogP contribution is 2.36. The third-order valence-corrected chi connectivity index (χ3v) is 3.54. The number of hydrazine groups is 1. The number of hydrogen-bond donors (Lipinski definition) is 2. The maximum absolute atomic E-state index is 11.7. The number of allylic oxidation sites excluding steroid dienone is 1. The van der Waals surface area contributed by atoms with E-state index in [2.05, 4.69) is 5.43 Å². The van der Waals surface area contributed by atoms with Crippen molar-refractivity contribution < 1.29 is 19.1 Å². The van der Waals surface area contributed by atoms with Crippen LogP contribution in [0.4, 0.5) is 0 Å². The molecule has 18 heavy (non-hydrogen) atoms. The van der Waals surface area contributed by atoms with E-state index in [0.717, 1.165) is 37.0 Å². The minimum Gasteiger partial charge on any atom is -0.501 e. The second-order valence-electron chi connectivity index (χ2n) is 4.59. The highest BCUT2D eigenvalue weighted by molar-refractivity contribution is 5.87. The van der Waals surface area contributed by atoms with Gasteiger partial charge in [0.05, 0.1) is 25.2 Å². The molecule has 0 radical (unpaired) electrons. The number of cyclic esters (lactones) is 1. The third kappa shape index (κ3) is 2.33. The Morgan fingerprint density at radius 3 is 2.83 bits per heavy atom. The van der Waals surface area contributed by atoms with Gasteiger partial charge in [-0.2, -0.15) is 0 Å². The van der Waals surface area contributed by atoms with Crippen molar-refractivity contribution in [1.82, 2.24) is 5.43 Å². The van der Waals surface area contributed by atoms with Crippen LogP contribution in [-0.4, -0.2) is 25.1 Å². The molecule has 1 saturated heterocycles. The van der Waals surface area contributed by atoms with Gasteiger partial charge in [0.15, 0.2) is 0 Å². The zero-order valence-corrected chi connectivity index (χ0v) is 10.4. The molecule has 6 nitrogen and oxygen atoms in total. The Bertz CT molecular complexity index is 392. The monoisotopic (exact) mass is 254 g/mol. The van der Waals surface area contributed by atoms with Crippen molar-refractivity contribution in [2.75, 3.05) is 7.11 Å². The number of methoxy groups -OCH3 is 1. The minimum atomic E-state index is -0.541. The van der Waals surface area contributed by atoms with Gasteiger partial charge in [-0.25, -0.2) is 5.84 Å². The molecule has 1 fully saturated rings. The summed E-state index contributed by atoms with van der Waals surface area (Å²) >= 11 is 0. The maximum atomic E-state index is 11.7. The van der Waals surface area contributed by atoms with Crippen LogP contribution in [0.2, 0.25) is 0 Å². The molecule has 2 aliphatic rings. The van der Waals surface area contributed by atoms with Crippen LogP contribution < -0.4 is 11.3 Å². The molecule has 1 unspecified atom stereocenters. The summed E-state index contributed by atoms with van der Waals surface area (Å²) < 4.78 is 10.6. The molecule has 1 aliphatic heterocycles. The molecule has 0 aromatic heterocycles. The molecule has 6 heteroatoms. The van der Waals surface area contributed by atoms with Crippen LogP contribution in [0.1, 0.15) is 32.1 Å². The van der Waals surface area contributed by atoms with Gasteiger partial charge in [0.25, 0.3) is 0 Å². The maximum Gasteiger partial charge on any atom is 0.307 e. The highest BCUT2D eigenvalue weighted by atomic mass is 16.6. The summed E-state index contributed by atoms with van der Waals surface area (Å²) in [5, 5.41) is 0. The number of amides is 1. The molecule has 0 aromatic rings. The largest absolute Gasteiger partial charge is 0.501 e. The van der Waals surface area contributed by atoms with Crippen LogP contribution in [0.25, 0.3) is 0 Å². The molecule has 2 atom stereocenters. The topological polar surface area (TPSA) is 90.6 Å². The Hall–Kier alpha value is -1.56. The van der Waals surface area contributed by atoms with E-state index in [1.54, 1.807) is 7.11 Å². The van der Waals surface area contributed by atoms with Gasteiger partial charge in [0.2, 0.25) is 5.91 Å². The van der Waals surface area contributed by atoms with Gasteiger partial charge >= 0.3 is 5.97 Å². The summed E-state index contributed by atoms with van der Waals surface area (Å²) in [7, 11) is 1.61. The first-order chi connectivity index (χ1) is 8.67. The standard InChI is InChI=1S/C12H18N2O4/c1-17-9-5-3-2-4-7(9)11-8(12(16)14-13)6-10(15)18-11/h8,11H,2-6,13H2,1H3,(H,14,16)/t8-,11?/m1/s1. The van der Waals surface area contributed by atoms with E-state index >= 15 is 0 Å². The number of carbonyl (C=O) groups is 2. The van der Waals surface area contributed by atoms with E-state index < -0.39 is 12.0 Å². The molecule has 0 saturated carbocycles. The minimum absolute atomic E-state index is 0.0776. The smallest absolute Gasteiger partial charge is 0.307 e. The predicted molar refractivity (Wildman–Crippen MR) is 62.8 cm³/mol. The van der Waals surface area contributed by atoms with Crippen LogP contribution in [0.5, 0.6) is 0 Å². The first-order valence-electron chi connectivity index (χ1n) is 6.13. The SMILES string of the molecule is COC1=C(C2OC(=O)C[C@H]2C(=O)NN)CCCC1. The Morgan fingerprint density at radius 1 is 1.44 bits per heavy atom. The van der Waals surface area contributed by atoms with Gasteiger partial charge in [-0.1, -0.05) is 0 Å². The number of rotatable bonds is 3. The van der Waals surface area contributed by atoms with Crippen LogP contribution in [0.15, 0.2) is 11.3 Å². The number of esters is 1. The first-order valence-corrected chi connectivity index (χ1v) is 6.13.